The molecule has 15 nitrogen and oxygen atoms in total. The van der Waals surface area contributed by atoms with Gasteiger partial charge in [-0.25, -0.2) is 4.79 Å². The zero-order valence-electron chi connectivity index (χ0n) is 41.7. The first-order valence-electron chi connectivity index (χ1n) is 27.0. The molecule has 6 fully saturated rings. The van der Waals surface area contributed by atoms with Crippen molar-refractivity contribution in [2.75, 3.05) is 0 Å². The number of hydrogen-bond acceptors (Lipinski definition) is 9. The molecule has 1 aromatic carbocycles. The van der Waals surface area contributed by atoms with Crippen LogP contribution >= 0.6 is 0 Å². The lowest BCUT2D eigenvalue weighted by Crippen LogP contribution is -2.58. The van der Waals surface area contributed by atoms with Gasteiger partial charge in [-0.15, -0.1) is 0 Å². The molecule has 15 heteroatoms. The van der Waals surface area contributed by atoms with Crippen LogP contribution in [-0.2, 0) is 44.8 Å². The molecule has 0 aliphatic heterocycles. The zero-order chi connectivity index (χ0) is 48.9. The number of hydrogen-bond donors (Lipinski definition) is 6. The highest BCUT2D eigenvalue weighted by Crippen LogP contribution is 2.34. The van der Waals surface area contributed by atoms with E-state index in [1.165, 1.54) is 0 Å². The van der Waals surface area contributed by atoms with Gasteiger partial charge in [-0.2, -0.15) is 0 Å². The molecule has 382 valence electrons. The van der Waals surface area contributed by atoms with Crippen LogP contribution in [-0.4, -0.2) is 83.5 Å². The molecule has 6 aliphatic carbocycles. The van der Waals surface area contributed by atoms with Gasteiger partial charge in [-0.1, -0.05) is 107 Å². The Balaban J connectivity index is 0.925. The maximum atomic E-state index is 14.3. The van der Waals surface area contributed by atoms with E-state index in [0.717, 1.165) is 82.6 Å². The smallest absolute Gasteiger partial charge is 0.407 e. The van der Waals surface area contributed by atoms with Crippen LogP contribution in [0.25, 0.3) is 0 Å². The normalized spacial score (nSPS) is 31.9. The van der Waals surface area contributed by atoms with E-state index in [-0.39, 0.29) is 78.4 Å². The Morgan fingerprint density at radius 1 is 0.406 bits per heavy atom. The van der Waals surface area contributed by atoms with E-state index in [2.05, 4.69) is 31.9 Å². The van der Waals surface area contributed by atoms with Gasteiger partial charge in [0.25, 0.3) is 0 Å². The van der Waals surface area contributed by atoms with Crippen molar-refractivity contribution in [3.63, 3.8) is 0 Å². The lowest BCUT2D eigenvalue weighted by molar-refractivity contribution is -0.152. The summed E-state index contributed by atoms with van der Waals surface area (Å²) in [6, 6.07) is 7.50. The second kappa shape index (κ2) is 24.9. The van der Waals surface area contributed by atoms with Gasteiger partial charge in [0.1, 0.15) is 12.2 Å². The van der Waals surface area contributed by atoms with Crippen molar-refractivity contribution in [3.05, 3.63) is 35.9 Å². The molecule has 1 aromatic rings. The van der Waals surface area contributed by atoms with Gasteiger partial charge in [0.15, 0.2) is 0 Å². The highest BCUT2D eigenvalue weighted by atomic mass is 16.6. The van der Waals surface area contributed by atoms with E-state index in [4.69, 9.17) is 9.47 Å². The van der Waals surface area contributed by atoms with E-state index in [1.807, 2.05) is 51.1 Å². The summed E-state index contributed by atoms with van der Waals surface area (Å²) in [4.78, 5) is 96.7. The minimum atomic E-state index is -0.654. The van der Waals surface area contributed by atoms with Crippen LogP contribution in [0.4, 0.5) is 4.79 Å². The third-order valence-corrected chi connectivity index (χ3v) is 16.1. The molecule has 0 radical (unpaired) electrons. The molecule has 69 heavy (non-hydrogen) atoms. The van der Waals surface area contributed by atoms with E-state index in [0.29, 0.717) is 77.0 Å². The average Bonchev–Trinajstić information content (AvgIpc) is 3.34. The molecular weight excluding hydrogens is 877 g/mol. The summed E-state index contributed by atoms with van der Waals surface area (Å²) in [5, 5.41) is 19.3. The highest BCUT2D eigenvalue weighted by Gasteiger charge is 2.43. The molecule has 6 saturated carbocycles. The number of carbonyl (C=O) groups excluding carboxylic acids is 7. The standard InChI is InChI=1S/C54H82N6O9/c1-54(2,3)69-53(67)60-45-31-17-11-25-39(45)51(65)58-43-29-15-9-23-37(43)49(63)56-41-27-13-7-21-35(41)47(61)55-42-28-14-8-22-36(42)48(62)57-44-30-16-10-24-38(44)50(64)59-46-32-18-12-26-40(46)52(66)68-33-34-19-5-4-6-20-34/h4-6,19-20,35-46H,7-18,21-33H2,1-3H3,(H,55,61)(H,56,63)(H,57,62)(H,58,65)(H,59,64)(H,60,67)/t35-,36-,37-,38-,39-,40-,41-,42-,43-,44-,45-,46-/m1/s1. The Morgan fingerprint density at radius 3 is 1.00 bits per heavy atom. The maximum absolute atomic E-state index is 14.3. The van der Waals surface area contributed by atoms with Gasteiger partial charge >= 0.3 is 12.1 Å². The predicted octanol–water partition coefficient (Wildman–Crippen LogP) is 7.19. The van der Waals surface area contributed by atoms with Crippen LogP contribution in [0.3, 0.4) is 0 Å². The minimum Gasteiger partial charge on any atom is -0.461 e. The summed E-state index contributed by atoms with van der Waals surface area (Å²) in [6.45, 7) is 5.62. The van der Waals surface area contributed by atoms with Crippen LogP contribution < -0.4 is 31.9 Å². The third-order valence-electron chi connectivity index (χ3n) is 16.1. The molecule has 6 N–H and O–H groups in total. The minimum absolute atomic E-state index is 0.126. The summed E-state index contributed by atoms with van der Waals surface area (Å²) < 4.78 is 11.2. The first-order chi connectivity index (χ1) is 33.2. The maximum Gasteiger partial charge on any atom is 0.407 e. The van der Waals surface area contributed by atoms with Gasteiger partial charge in [0.05, 0.1) is 35.5 Å². The fourth-order valence-electron chi connectivity index (χ4n) is 12.4. The molecular formula is C54H82N6O9. The molecule has 0 spiro atoms. The molecule has 0 heterocycles. The quantitative estimate of drug-likeness (QED) is 0.104. The molecule has 12 atom stereocenters. The first-order valence-corrected chi connectivity index (χ1v) is 27.0. The fraction of sp³-hybridized carbons (Fsp3) is 0.759. The van der Waals surface area contributed by atoms with Gasteiger partial charge < -0.3 is 41.4 Å². The van der Waals surface area contributed by atoms with Crippen LogP contribution in [0, 0.1) is 35.5 Å². The van der Waals surface area contributed by atoms with Crippen molar-refractivity contribution in [2.45, 2.75) is 223 Å². The monoisotopic (exact) mass is 959 g/mol. The van der Waals surface area contributed by atoms with Crippen LogP contribution in [0.15, 0.2) is 30.3 Å². The molecule has 0 aromatic heterocycles. The molecule has 6 aliphatic rings. The van der Waals surface area contributed by atoms with Crippen LogP contribution in [0.1, 0.15) is 180 Å². The van der Waals surface area contributed by atoms with Crippen LogP contribution in [0.2, 0.25) is 0 Å². The fourth-order valence-corrected chi connectivity index (χ4v) is 12.4. The van der Waals surface area contributed by atoms with E-state index >= 15 is 0 Å². The summed E-state index contributed by atoms with van der Waals surface area (Å²) in [5.41, 5.74) is 0.262. The number of rotatable bonds is 14. The number of ether oxygens (including phenoxy) is 2. The molecule has 0 unspecified atom stereocenters. The summed E-state index contributed by atoms with van der Waals surface area (Å²) in [7, 11) is 0. The Labute approximate surface area is 410 Å². The zero-order valence-corrected chi connectivity index (χ0v) is 41.7. The third kappa shape index (κ3) is 14.7. The Hall–Kier alpha value is -4.69. The number of carbonyl (C=O) groups is 7. The summed E-state index contributed by atoms with van der Waals surface area (Å²) in [6.07, 6.45) is 18.1. The topological polar surface area (TPSA) is 210 Å². The second-order valence-corrected chi connectivity index (χ2v) is 22.3. The van der Waals surface area contributed by atoms with E-state index < -0.39 is 47.2 Å². The van der Waals surface area contributed by atoms with Crippen molar-refractivity contribution >= 4 is 41.6 Å². The highest BCUT2D eigenvalue weighted by molar-refractivity contribution is 5.87. The summed E-state index contributed by atoms with van der Waals surface area (Å²) >= 11 is 0. The van der Waals surface area contributed by atoms with Crippen molar-refractivity contribution in [1.82, 2.24) is 31.9 Å². The summed E-state index contributed by atoms with van der Waals surface area (Å²) in [5.74, 6) is -3.55. The molecule has 7 rings (SSSR count). The number of benzene rings is 1. The number of amides is 6. The Bertz CT molecular complexity index is 1920. The van der Waals surface area contributed by atoms with Crippen LogP contribution in [0.5, 0.6) is 0 Å². The Kier molecular flexibility index (Phi) is 18.8. The number of esters is 1. The van der Waals surface area contributed by atoms with Gasteiger partial charge in [0.2, 0.25) is 29.5 Å². The van der Waals surface area contributed by atoms with E-state index in [9.17, 15) is 33.6 Å². The number of alkyl carbamates (subject to hydrolysis) is 1. The number of nitrogens with one attached hydrogen (secondary N) is 6. The molecule has 0 bridgehead atoms. The van der Waals surface area contributed by atoms with Gasteiger partial charge in [-0.3, -0.25) is 28.8 Å². The lowest BCUT2D eigenvalue weighted by Gasteiger charge is -2.39. The second-order valence-electron chi connectivity index (χ2n) is 22.3. The first kappa shape index (κ1) is 52.1. The lowest BCUT2D eigenvalue weighted by atomic mass is 9.79. The van der Waals surface area contributed by atoms with Crippen molar-refractivity contribution in [1.29, 1.82) is 0 Å². The van der Waals surface area contributed by atoms with Crippen molar-refractivity contribution in [3.8, 4) is 0 Å². The molecule has 0 saturated heterocycles. The van der Waals surface area contributed by atoms with E-state index in [1.54, 1.807) is 0 Å². The van der Waals surface area contributed by atoms with Gasteiger partial charge in [0, 0.05) is 36.3 Å². The molecule has 6 amide bonds. The SMILES string of the molecule is CC(C)(C)OC(=O)N[C@@H]1CCCC[C@H]1C(=O)N[C@@H]1CCCC[C@H]1C(=O)N[C@@H]1CCCC[C@H]1C(=O)N[C@@H]1CCCC[C@H]1C(=O)N[C@@H]1CCCC[C@H]1C(=O)N[C@@H]1CCCC[C@H]1C(=O)OCc1ccccc1. The van der Waals surface area contributed by atoms with Gasteiger partial charge in [-0.05, 0) is 103 Å². The largest absolute Gasteiger partial charge is 0.461 e. The van der Waals surface area contributed by atoms with Crippen molar-refractivity contribution in [2.24, 2.45) is 35.5 Å². The van der Waals surface area contributed by atoms with Crippen molar-refractivity contribution < 1.29 is 43.0 Å². The Morgan fingerprint density at radius 2 is 0.681 bits per heavy atom. The average molecular weight is 959 g/mol. The predicted molar refractivity (Wildman–Crippen MR) is 261 cm³/mol.